The van der Waals surface area contributed by atoms with Crippen molar-refractivity contribution >= 4 is 9.84 Å². The lowest BCUT2D eigenvalue weighted by atomic mass is 9.91. The SMILES string of the molecule is N#CC1(NC2CCCCC2)CCS(=O)(=O)C1. The zero-order valence-corrected chi connectivity index (χ0v) is 10.2. The number of nitrogens with one attached hydrogen (secondary N) is 1. The van der Waals surface area contributed by atoms with Crippen molar-refractivity contribution in [3.8, 4) is 6.07 Å². The van der Waals surface area contributed by atoms with Crippen molar-refractivity contribution in [2.75, 3.05) is 11.5 Å². The van der Waals surface area contributed by atoms with Crippen LogP contribution in [0, 0.1) is 11.3 Å². The van der Waals surface area contributed by atoms with Crippen LogP contribution in [0.25, 0.3) is 0 Å². The van der Waals surface area contributed by atoms with Crippen molar-refractivity contribution in [3.05, 3.63) is 0 Å². The summed E-state index contributed by atoms with van der Waals surface area (Å²) < 4.78 is 22.9. The molecule has 90 valence electrons. The monoisotopic (exact) mass is 242 g/mol. The Morgan fingerprint density at radius 1 is 1.25 bits per heavy atom. The third kappa shape index (κ3) is 2.55. The molecule has 0 aromatic carbocycles. The third-order valence-electron chi connectivity index (χ3n) is 3.61. The lowest BCUT2D eigenvalue weighted by molar-refractivity contribution is 0.310. The maximum Gasteiger partial charge on any atom is 0.153 e. The highest BCUT2D eigenvalue weighted by Gasteiger charge is 2.43. The molecule has 1 saturated heterocycles. The van der Waals surface area contributed by atoms with Crippen molar-refractivity contribution in [3.63, 3.8) is 0 Å². The van der Waals surface area contributed by atoms with E-state index in [4.69, 9.17) is 0 Å². The van der Waals surface area contributed by atoms with Crippen molar-refractivity contribution in [2.45, 2.75) is 50.1 Å². The highest BCUT2D eigenvalue weighted by atomic mass is 32.2. The standard InChI is InChI=1S/C11H18N2O2S/c12-8-11(6-7-16(14,15)9-11)13-10-4-2-1-3-5-10/h10,13H,1-7,9H2. The molecule has 0 bridgehead atoms. The van der Waals surface area contributed by atoms with E-state index in [0.717, 1.165) is 12.8 Å². The van der Waals surface area contributed by atoms with Crippen LogP contribution in [0.3, 0.4) is 0 Å². The fraction of sp³-hybridized carbons (Fsp3) is 0.909. The molecule has 5 heteroatoms. The van der Waals surface area contributed by atoms with Crippen LogP contribution in [0.4, 0.5) is 0 Å². The van der Waals surface area contributed by atoms with Crippen LogP contribution in [0.5, 0.6) is 0 Å². The maximum atomic E-state index is 11.5. The Morgan fingerprint density at radius 3 is 2.44 bits per heavy atom. The Balaban J connectivity index is 2.03. The Kier molecular flexibility index (Phi) is 3.22. The molecule has 1 aliphatic carbocycles. The lowest BCUT2D eigenvalue weighted by Crippen LogP contribution is -2.50. The zero-order valence-electron chi connectivity index (χ0n) is 9.41. The van der Waals surface area contributed by atoms with E-state index in [2.05, 4.69) is 11.4 Å². The predicted molar refractivity (Wildman–Crippen MR) is 61.6 cm³/mol. The molecule has 1 heterocycles. The largest absolute Gasteiger partial charge is 0.296 e. The highest BCUT2D eigenvalue weighted by Crippen LogP contribution is 2.26. The predicted octanol–water partition coefficient (Wildman–Crippen LogP) is 0.990. The molecule has 1 saturated carbocycles. The Bertz CT molecular complexity index is 393. The summed E-state index contributed by atoms with van der Waals surface area (Å²) >= 11 is 0. The van der Waals surface area contributed by atoms with Gasteiger partial charge in [-0.05, 0) is 19.3 Å². The molecule has 1 aliphatic heterocycles. The second kappa shape index (κ2) is 4.34. The summed E-state index contributed by atoms with van der Waals surface area (Å²) in [7, 11) is -3.00. The van der Waals surface area contributed by atoms with Crippen molar-refractivity contribution < 1.29 is 8.42 Å². The molecule has 0 amide bonds. The summed E-state index contributed by atoms with van der Waals surface area (Å²) in [5.74, 6) is 0.146. The van der Waals surface area contributed by atoms with Gasteiger partial charge in [0.25, 0.3) is 0 Å². The van der Waals surface area contributed by atoms with E-state index >= 15 is 0 Å². The molecular formula is C11H18N2O2S. The Labute approximate surface area is 96.9 Å². The number of nitrogens with zero attached hydrogens (tertiary/aromatic N) is 1. The molecule has 0 radical (unpaired) electrons. The van der Waals surface area contributed by atoms with Crippen LogP contribution in [0.15, 0.2) is 0 Å². The first-order chi connectivity index (χ1) is 7.55. The van der Waals surface area contributed by atoms with Gasteiger partial charge in [0.15, 0.2) is 9.84 Å². The van der Waals surface area contributed by atoms with E-state index in [0.29, 0.717) is 12.5 Å². The molecule has 1 unspecified atom stereocenters. The molecule has 16 heavy (non-hydrogen) atoms. The van der Waals surface area contributed by atoms with Gasteiger partial charge in [0.2, 0.25) is 0 Å². The van der Waals surface area contributed by atoms with E-state index < -0.39 is 15.4 Å². The van der Waals surface area contributed by atoms with Gasteiger partial charge in [-0.3, -0.25) is 5.32 Å². The summed E-state index contributed by atoms with van der Waals surface area (Å²) in [6, 6.07) is 2.52. The van der Waals surface area contributed by atoms with Crippen molar-refractivity contribution in [1.82, 2.24) is 5.32 Å². The first kappa shape index (κ1) is 11.9. The molecule has 2 fully saturated rings. The fourth-order valence-electron chi connectivity index (χ4n) is 2.72. The van der Waals surface area contributed by atoms with Gasteiger partial charge in [0.05, 0.1) is 17.6 Å². The minimum Gasteiger partial charge on any atom is -0.296 e. The van der Waals surface area contributed by atoms with Crippen molar-refractivity contribution in [2.24, 2.45) is 0 Å². The normalized spacial score (nSPS) is 34.7. The molecular weight excluding hydrogens is 224 g/mol. The number of sulfone groups is 1. The first-order valence-electron chi connectivity index (χ1n) is 5.95. The van der Waals surface area contributed by atoms with Crippen LogP contribution in [-0.2, 0) is 9.84 Å². The molecule has 4 nitrogen and oxygen atoms in total. The van der Waals surface area contributed by atoms with Gasteiger partial charge in [-0.1, -0.05) is 19.3 Å². The molecule has 0 aromatic heterocycles. The van der Waals surface area contributed by atoms with E-state index in [9.17, 15) is 13.7 Å². The molecule has 1 atom stereocenters. The highest BCUT2D eigenvalue weighted by molar-refractivity contribution is 7.91. The number of nitriles is 1. The molecule has 2 rings (SSSR count). The van der Waals surface area contributed by atoms with E-state index in [1.54, 1.807) is 0 Å². The van der Waals surface area contributed by atoms with Gasteiger partial charge in [-0.15, -0.1) is 0 Å². The number of hydrogen-bond donors (Lipinski definition) is 1. The zero-order chi connectivity index (χ0) is 11.6. The second-order valence-electron chi connectivity index (χ2n) is 5.02. The van der Waals surface area contributed by atoms with E-state index in [1.807, 2.05) is 0 Å². The summed E-state index contributed by atoms with van der Waals surface area (Å²) in [6.07, 6.45) is 6.23. The van der Waals surface area contributed by atoms with Gasteiger partial charge in [-0.2, -0.15) is 5.26 Å². The Hall–Kier alpha value is -0.600. The average Bonchev–Trinajstić information content (AvgIpc) is 2.57. The summed E-state index contributed by atoms with van der Waals surface area (Å²) in [6.45, 7) is 0. The molecule has 2 aliphatic rings. The average molecular weight is 242 g/mol. The van der Waals surface area contributed by atoms with Gasteiger partial charge >= 0.3 is 0 Å². The minimum absolute atomic E-state index is 0.00694. The number of rotatable bonds is 2. The second-order valence-corrected chi connectivity index (χ2v) is 7.20. The minimum atomic E-state index is -3.00. The quantitative estimate of drug-likeness (QED) is 0.784. The van der Waals surface area contributed by atoms with Gasteiger partial charge in [-0.25, -0.2) is 8.42 Å². The summed E-state index contributed by atoms with van der Waals surface area (Å²) in [4.78, 5) is 0. The van der Waals surface area contributed by atoms with Gasteiger partial charge in [0, 0.05) is 6.04 Å². The van der Waals surface area contributed by atoms with Crippen LogP contribution in [0.2, 0.25) is 0 Å². The molecule has 0 aromatic rings. The van der Waals surface area contributed by atoms with Gasteiger partial charge in [0.1, 0.15) is 5.54 Å². The molecule has 1 N–H and O–H groups in total. The smallest absolute Gasteiger partial charge is 0.153 e. The van der Waals surface area contributed by atoms with Crippen LogP contribution in [-0.4, -0.2) is 31.5 Å². The number of hydrogen-bond acceptors (Lipinski definition) is 4. The van der Waals surface area contributed by atoms with Crippen LogP contribution < -0.4 is 5.32 Å². The summed E-state index contributed by atoms with van der Waals surface area (Å²) in [5, 5.41) is 12.5. The third-order valence-corrected chi connectivity index (χ3v) is 5.36. The van der Waals surface area contributed by atoms with Crippen molar-refractivity contribution in [1.29, 1.82) is 5.26 Å². The molecule has 0 spiro atoms. The summed E-state index contributed by atoms with van der Waals surface area (Å²) in [5.41, 5.74) is -0.805. The van der Waals surface area contributed by atoms with Gasteiger partial charge < -0.3 is 0 Å². The fourth-order valence-corrected chi connectivity index (χ4v) is 4.57. The maximum absolute atomic E-state index is 11.5. The topological polar surface area (TPSA) is 70.0 Å². The van der Waals surface area contributed by atoms with Crippen LogP contribution in [0.1, 0.15) is 38.5 Å². The van der Waals surface area contributed by atoms with E-state index in [1.165, 1.54) is 19.3 Å². The van der Waals surface area contributed by atoms with E-state index in [-0.39, 0.29) is 11.5 Å². The Morgan fingerprint density at radius 2 is 1.94 bits per heavy atom. The van der Waals surface area contributed by atoms with Crippen LogP contribution >= 0.6 is 0 Å². The first-order valence-corrected chi connectivity index (χ1v) is 7.77. The lowest BCUT2D eigenvalue weighted by Gasteiger charge is -2.30.